The number of halogens is 2. The molecule has 0 N–H and O–H groups in total. The number of nitrogens with zero attached hydrogens (tertiary/aromatic N) is 2. The van der Waals surface area contributed by atoms with E-state index in [1.54, 1.807) is 12.1 Å². The molecule has 3 rings (SSSR count). The first-order valence-electron chi connectivity index (χ1n) is 8.52. The zero-order valence-electron chi connectivity index (χ0n) is 15.1. The molecule has 0 saturated carbocycles. The van der Waals surface area contributed by atoms with Gasteiger partial charge in [-0.3, -0.25) is 0 Å². The zero-order valence-corrected chi connectivity index (χ0v) is 18.3. The lowest BCUT2D eigenvalue weighted by Crippen LogP contribution is -2.29. The Balaban J connectivity index is 1.97. The Labute approximate surface area is 166 Å². The number of thiazole rings is 1. The van der Waals surface area contributed by atoms with Gasteiger partial charge in [0.05, 0.1) is 20.2 Å². The van der Waals surface area contributed by atoms with Crippen molar-refractivity contribution >= 4 is 37.3 Å². The van der Waals surface area contributed by atoms with Crippen molar-refractivity contribution in [2.45, 2.75) is 44.8 Å². The van der Waals surface area contributed by atoms with E-state index in [9.17, 15) is 8.42 Å². The summed E-state index contributed by atoms with van der Waals surface area (Å²) in [4.78, 5) is 4.60. The maximum Gasteiger partial charge on any atom is 0.218 e. The normalized spacial score (nSPS) is 16.3. The highest BCUT2D eigenvalue weighted by atomic mass is 79.9. The van der Waals surface area contributed by atoms with Crippen LogP contribution in [0.3, 0.4) is 0 Å². The van der Waals surface area contributed by atoms with E-state index < -0.39 is 15.8 Å². The van der Waals surface area contributed by atoms with Crippen LogP contribution in [-0.2, 0) is 21.2 Å². The second-order valence-corrected chi connectivity index (χ2v) is 11.8. The van der Waals surface area contributed by atoms with E-state index in [4.69, 9.17) is 0 Å². The Morgan fingerprint density at radius 2 is 1.92 bits per heavy atom. The highest BCUT2D eigenvalue weighted by Gasteiger charge is 2.28. The molecule has 8 heteroatoms. The van der Waals surface area contributed by atoms with Crippen LogP contribution < -0.4 is 0 Å². The quantitative estimate of drug-likeness (QED) is 0.649. The second kappa shape index (κ2) is 7.30. The van der Waals surface area contributed by atoms with Gasteiger partial charge in [0.2, 0.25) is 10.0 Å². The summed E-state index contributed by atoms with van der Waals surface area (Å²) in [6.07, 6.45) is 1.73. The molecule has 0 aliphatic carbocycles. The van der Waals surface area contributed by atoms with Gasteiger partial charge in [0.1, 0.15) is 5.82 Å². The number of rotatable bonds is 4. The fourth-order valence-electron chi connectivity index (χ4n) is 2.92. The summed E-state index contributed by atoms with van der Waals surface area (Å²) in [5.74, 6) is -0.831. The Morgan fingerprint density at radius 1 is 1.27 bits per heavy atom. The minimum absolute atomic E-state index is 0.140. The van der Waals surface area contributed by atoms with E-state index in [1.165, 1.54) is 21.7 Å². The van der Waals surface area contributed by atoms with Gasteiger partial charge in [0.15, 0.2) is 0 Å². The molecule has 0 spiro atoms. The van der Waals surface area contributed by atoms with Crippen LogP contribution in [0.25, 0.3) is 11.3 Å². The summed E-state index contributed by atoms with van der Waals surface area (Å²) >= 11 is 4.96. The average molecular weight is 461 g/mol. The minimum atomic E-state index is -3.50. The van der Waals surface area contributed by atoms with Crippen molar-refractivity contribution in [3.8, 4) is 11.3 Å². The molecular formula is C18H22BrFN2O2S2. The van der Waals surface area contributed by atoms with Crippen LogP contribution in [0.1, 0.15) is 44.2 Å². The van der Waals surface area contributed by atoms with Crippen LogP contribution in [0.2, 0.25) is 0 Å². The molecule has 0 bridgehead atoms. The standard InChI is InChI=1S/C18H22BrFN2O2S2/c1-18(2,3)17-21-15(16(19)25-17)13-8-6-7-12(14(13)20)11-26(23,24)22-9-4-5-10-22/h6-8H,4-5,9-11H2,1-3H3. The van der Waals surface area contributed by atoms with E-state index in [2.05, 4.69) is 41.7 Å². The van der Waals surface area contributed by atoms with E-state index in [-0.39, 0.29) is 16.7 Å². The van der Waals surface area contributed by atoms with Gasteiger partial charge in [-0.25, -0.2) is 22.1 Å². The van der Waals surface area contributed by atoms with Gasteiger partial charge in [-0.1, -0.05) is 32.9 Å². The fraction of sp³-hybridized carbons (Fsp3) is 0.500. The molecule has 1 aromatic heterocycles. The Morgan fingerprint density at radius 3 is 2.50 bits per heavy atom. The first-order chi connectivity index (χ1) is 12.1. The number of sulfonamides is 1. The van der Waals surface area contributed by atoms with Crippen LogP contribution >= 0.6 is 27.3 Å². The third-order valence-corrected chi connectivity index (χ3v) is 8.32. The molecule has 1 fully saturated rings. The van der Waals surface area contributed by atoms with Crippen molar-refractivity contribution in [1.82, 2.24) is 9.29 Å². The Hall–Kier alpha value is -0.830. The Bertz CT molecular complexity index is 914. The maximum absolute atomic E-state index is 15.1. The molecule has 4 nitrogen and oxygen atoms in total. The van der Waals surface area contributed by atoms with Crippen LogP contribution in [0.5, 0.6) is 0 Å². The van der Waals surface area contributed by atoms with E-state index in [0.717, 1.165) is 21.6 Å². The molecule has 1 aliphatic rings. The molecule has 142 valence electrons. The van der Waals surface area contributed by atoms with Crippen molar-refractivity contribution in [2.75, 3.05) is 13.1 Å². The minimum Gasteiger partial charge on any atom is -0.239 e. The van der Waals surface area contributed by atoms with Gasteiger partial charge < -0.3 is 0 Å². The molecule has 0 radical (unpaired) electrons. The predicted octanol–water partition coefficient (Wildman–Crippen LogP) is 4.93. The van der Waals surface area contributed by atoms with E-state index in [1.807, 2.05) is 0 Å². The molecule has 2 heterocycles. The number of hydrogen-bond donors (Lipinski definition) is 0. The highest BCUT2D eigenvalue weighted by Crippen LogP contribution is 2.39. The van der Waals surface area contributed by atoms with E-state index in [0.29, 0.717) is 24.3 Å². The summed E-state index contributed by atoms with van der Waals surface area (Å²) in [5.41, 5.74) is 0.903. The molecule has 2 aromatic rings. The van der Waals surface area contributed by atoms with Crippen LogP contribution in [0.4, 0.5) is 4.39 Å². The third-order valence-electron chi connectivity index (χ3n) is 4.36. The van der Waals surface area contributed by atoms with Gasteiger partial charge in [-0.05, 0) is 34.8 Å². The summed E-state index contributed by atoms with van der Waals surface area (Å²) in [5, 5.41) is 0.897. The number of benzene rings is 1. The summed E-state index contributed by atoms with van der Waals surface area (Å²) in [7, 11) is -3.50. The van der Waals surface area contributed by atoms with Crippen LogP contribution in [0.15, 0.2) is 22.0 Å². The SMILES string of the molecule is CC(C)(C)c1nc(-c2cccc(CS(=O)(=O)N3CCCC3)c2F)c(Br)s1. The second-order valence-electron chi connectivity index (χ2n) is 7.53. The summed E-state index contributed by atoms with van der Waals surface area (Å²) in [6.45, 7) is 7.21. The lowest BCUT2D eigenvalue weighted by atomic mass is 9.98. The van der Waals surface area contributed by atoms with Crippen LogP contribution in [0, 0.1) is 5.82 Å². The summed E-state index contributed by atoms with van der Waals surface area (Å²) < 4.78 is 42.4. The van der Waals surface area contributed by atoms with Crippen molar-refractivity contribution in [3.05, 3.63) is 38.4 Å². The topological polar surface area (TPSA) is 50.3 Å². The van der Waals surface area contributed by atoms with E-state index >= 15 is 4.39 Å². The lowest BCUT2D eigenvalue weighted by Gasteiger charge is -2.16. The van der Waals surface area contributed by atoms with Gasteiger partial charge in [-0.15, -0.1) is 11.3 Å². The van der Waals surface area contributed by atoms with Crippen molar-refractivity contribution < 1.29 is 12.8 Å². The first-order valence-corrected chi connectivity index (χ1v) is 11.7. The monoisotopic (exact) mass is 460 g/mol. The van der Waals surface area contributed by atoms with Gasteiger partial charge in [-0.2, -0.15) is 0 Å². The van der Waals surface area contributed by atoms with Gasteiger partial charge in [0, 0.05) is 29.6 Å². The van der Waals surface area contributed by atoms with Crippen molar-refractivity contribution in [3.63, 3.8) is 0 Å². The molecule has 0 atom stereocenters. The first kappa shape index (κ1) is 19.9. The average Bonchev–Trinajstić information content (AvgIpc) is 3.19. The molecule has 0 unspecified atom stereocenters. The molecule has 1 aliphatic heterocycles. The lowest BCUT2D eigenvalue weighted by molar-refractivity contribution is 0.475. The Kier molecular flexibility index (Phi) is 5.59. The highest BCUT2D eigenvalue weighted by molar-refractivity contribution is 9.11. The van der Waals surface area contributed by atoms with Gasteiger partial charge >= 0.3 is 0 Å². The molecule has 1 aromatic carbocycles. The number of hydrogen-bond acceptors (Lipinski definition) is 4. The zero-order chi connectivity index (χ0) is 19.1. The van der Waals surface area contributed by atoms with Gasteiger partial charge in [0.25, 0.3) is 0 Å². The molecule has 1 saturated heterocycles. The van der Waals surface area contributed by atoms with Crippen molar-refractivity contribution in [2.24, 2.45) is 0 Å². The summed E-state index contributed by atoms with van der Waals surface area (Å²) in [6, 6.07) is 4.88. The molecular weight excluding hydrogens is 439 g/mol. The third kappa shape index (κ3) is 4.03. The fourth-order valence-corrected chi connectivity index (χ4v) is 6.16. The largest absolute Gasteiger partial charge is 0.239 e. The van der Waals surface area contributed by atoms with Crippen LogP contribution in [-0.4, -0.2) is 30.8 Å². The van der Waals surface area contributed by atoms with Crippen molar-refractivity contribution in [1.29, 1.82) is 0 Å². The smallest absolute Gasteiger partial charge is 0.218 e. The predicted molar refractivity (Wildman–Crippen MR) is 107 cm³/mol. The molecule has 0 amide bonds. The number of aromatic nitrogens is 1. The molecule has 26 heavy (non-hydrogen) atoms. The maximum atomic E-state index is 15.1.